The summed E-state index contributed by atoms with van der Waals surface area (Å²) < 4.78 is 9.97. The number of benzene rings is 1. The van der Waals surface area contributed by atoms with Gasteiger partial charge >= 0.3 is 11.9 Å². The van der Waals surface area contributed by atoms with Crippen LogP contribution >= 0.6 is 0 Å². The highest BCUT2D eigenvalue weighted by Crippen LogP contribution is 2.16. The lowest BCUT2D eigenvalue weighted by Crippen LogP contribution is -1.98. The molecule has 0 saturated heterocycles. The molecule has 1 rings (SSSR count). The maximum Gasteiger partial charge on any atom is 0.335 e. The van der Waals surface area contributed by atoms with E-state index in [1.54, 1.807) is 25.2 Å². The molecule has 0 radical (unpaired) electrons. The van der Waals surface area contributed by atoms with Crippen molar-refractivity contribution >= 4 is 17.5 Å². The van der Waals surface area contributed by atoms with Gasteiger partial charge in [-0.15, -0.1) is 0 Å². The van der Waals surface area contributed by atoms with Crippen LogP contribution in [0.2, 0.25) is 0 Å². The maximum absolute atomic E-state index is 11.2. The molecular weight excluding hydrogens is 292 g/mol. The van der Waals surface area contributed by atoms with Crippen LogP contribution in [0.15, 0.2) is 67.5 Å². The van der Waals surface area contributed by atoms with Crippen molar-refractivity contribution < 1.29 is 19.1 Å². The molecule has 0 bridgehead atoms. The number of esters is 2. The van der Waals surface area contributed by atoms with Crippen LogP contribution in [0.3, 0.4) is 0 Å². The van der Waals surface area contributed by atoms with E-state index in [9.17, 15) is 9.59 Å². The van der Waals surface area contributed by atoms with Gasteiger partial charge in [-0.05, 0) is 35.8 Å². The van der Waals surface area contributed by atoms with E-state index < -0.39 is 5.97 Å². The van der Waals surface area contributed by atoms with Gasteiger partial charge < -0.3 is 9.47 Å². The minimum atomic E-state index is -0.511. The lowest BCUT2D eigenvalue weighted by atomic mass is 10.1. The summed E-state index contributed by atoms with van der Waals surface area (Å²) in [5, 5.41) is 0. The van der Waals surface area contributed by atoms with E-state index >= 15 is 0 Å². The lowest BCUT2D eigenvalue weighted by Gasteiger charge is -2.05. The van der Waals surface area contributed by atoms with Crippen LogP contribution in [0.25, 0.3) is 5.57 Å². The third kappa shape index (κ3) is 6.61. The highest BCUT2D eigenvalue weighted by molar-refractivity contribution is 5.82. The molecule has 4 heteroatoms. The largest absolute Gasteiger partial charge is 0.461 e. The Labute approximate surface area is 136 Å². The second-order valence-electron chi connectivity index (χ2n) is 4.65. The molecule has 4 nitrogen and oxygen atoms in total. The molecule has 0 spiro atoms. The summed E-state index contributed by atoms with van der Waals surface area (Å²) in [6.07, 6.45) is 6.20. The van der Waals surface area contributed by atoms with E-state index in [0.717, 1.165) is 22.8 Å². The second-order valence-corrected chi connectivity index (χ2v) is 4.65. The van der Waals surface area contributed by atoms with Crippen LogP contribution in [-0.4, -0.2) is 11.9 Å². The Kier molecular flexibility index (Phi) is 7.27. The Hall–Kier alpha value is -2.88. The number of allylic oxidation sites excluding steroid dienone is 4. The zero-order chi connectivity index (χ0) is 17.2. The van der Waals surface area contributed by atoms with E-state index in [1.807, 2.05) is 24.3 Å². The molecule has 0 atom stereocenters. The molecule has 0 aliphatic carbocycles. The standard InChI is InChI=1S/C19H20O4/c1-5-18(23-19(21)6-2)12-7-14(3)17-10-8-16(9-11-17)13-22-15(4)20/h5-12H,2-3,13H2,1,4H3/b12-7-,18-5+. The molecule has 0 saturated carbocycles. The van der Waals surface area contributed by atoms with Gasteiger partial charge in [0, 0.05) is 13.0 Å². The Morgan fingerprint density at radius 3 is 2.35 bits per heavy atom. The van der Waals surface area contributed by atoms with Crippen LogP contribution in [0.5, 0.6) is 0 Å². The molecule has 0 N–H and O–H groups in total. The van der Waals surface area contributed by atoms with Crippen molar-refractivity contribution in [1.82, 2.24) is 0 Å². The molecule has 1 aromatic rings. The zero-order valence-electron chi connectivity index (χ0n) is 13.4. The first-order valence-corrected chi connectivity index (χ1v) is 7.06. The van der Waals surface area contributed by atoms with Crippen molar-refractivity contribution in [3.05, 3.63) is 78.6 Å². The van der Waals surface area contributed by atoms with Crippen molar-refractivity contribution in [3.8, 4) is 0 Å². The van der Waals surface area contributed by atoms with Gasteiger partial charge in [0.15, 0.2) is 0 Å². The van der Waals surface area contributed by atoms with E-state index in [2.05, 4.69) is 13.2 Å². The van der Waals surface area contributed by atoms with Crippen LogP contribution < -0.4 is 0 Å². The third-order valence-electron chi connectivity index (χ3n) is 2.89. The van der Waals surface area contributed by atoms with Crippen molar-refractivity contribution in [2.75, 3.05) is 0 Å². The molecule has 1 aromatic carbocycles. The Balaban J connectivity index is 2.70. The lowest BCUT2D eigenvalue weighted by molar-refractivity contribution is -0.142. The molecule has 120 valence electrons. The highest BCUT2D eigenvalue weighted by Gasteiger charge is 2.01. The minimum absolute atomic E-state index is 0.248. The number of rotatable bonds is 7. The van der Waals surface area contributed by atoms with Gasteiger partial charge in [-0.2, -0.15) is 0 Å². The average Bonchev–Trinajstić information content (AvgIpc) is 2.56. The maximum atomic E-state index is 11.2. The fourth-order valence-corrected chi connectivity index (χ4v) is 1.63. The average molecular weight is 312 g/mol. The van der Waals surface area contributed by atoms with Gasteiger partial charge in [0.25, 0.3) is 0 Å². The van der Waals surface area contributed by atoms with E-state index in [-0.39, 0.29) is 12.6 Å². The topological polar surface area (TPSA) is 52.6 Å². The van der Waals surface area contributed by atoms with Crippen LogP contribution in [0.4, 0.5) is 0 Å². The smallest absolute Gasteiger partial charge is 0.335 e. The zero-order valence-corrected chi connectivity index (χ0v) is 13.4. The third-order valence-corrected chi connectivity index (χ3v) is 2.89. The first-order valence-electron chi connectivity index (χ1n) is 7.06. The summed E-state index contributed by atoms with van der Waals surface area (Å²) in [6.45, 7) is 10.7. The first-order chi connectivity index (χ1) is 11.0. The molecule has 23 heavy (non-hydrogen) atoms. The van der Waals surface area contributed by atoms with Gasteiger partial charge in [-0.1, -0.05) is 43.5 Å². The summed E-state index contributed by atoms with van der Waals surface area (Å²) in [7, 11) is 0. The van der Waals surface area contributed by atoms with E-state index in [0.29, 0.717) is 5.76 Å². The highest BCUT2D eigenvalue weighted by atomic mass is 16.5. The van der Waals surface area contributed by atoms with Crippen molar-refractivity contribution in [2.24, 2.45) is 0 Å². The molecule has 0 aliphatic heterocycles. The van der Waals surface area contributed by atoms with E-state index in [4.69, 9.17) is 9.47 Å². The van der Waals surface area contributed by atoms with Crippen molar-refractivity contribution in [1.29, 1.82) is 0 Å². The van der Waals surface area contributed by atoms with Crippen molar-refractivity contribution in [3.63, 3.8) is 0 Å². The van der Waals surface area contributed by atoms with Gasteiger partial charge in [-0.3, -0.25) is 4.79 Å². The quantitative estimate of drug-likeness (QED) is 0.331. The van der Waals surface area contributed by atoms with Crippen LogP contribution in [0, 0.1) is 0 Å². The predicted octanol–water partition coefficient (Wildman–Crippen LogP) is 3.95. The summed E-state index contributed by atoms with van der Waals surface area (Å²) in [6, 6.07) is 7.50. The summed E-state index contributed by atoms with van der Waals surface area (Å²) in [4.78, 5) is 21.9. The van der Waals surface area contributed by atoms with Gasteiger partial charge in [0.1, 0.15) is 12.4 Å². The summed E-state index contributed by atoms with van der Waals surface area (Å²) in [5.41, 5.74) is 2.58. The molecule has 0 unspecified atom stereocenters. The summed E-state index contributed by atoms with van der Waals surface area (Å²) >= 11 is 0. The molecular formula is C19H20O4. The fourth-order valence-electron chi connectivity index (χ4n) is 1.63. The Morgan fingerprint density at radius 1 is 1.17 bits per heavy atom. The van der Waals surface area contributed by atoms with Crippen LogP contribution in [0.1, 0.15) is 25.0 Å². The number of hydrogen-bond acceptors (Lipinski definition) is 4. The molecule has 0 aliphatic rings. The monoisotopic (exact) mass is 312 g/mol. The van der Waals surface area contributed by atoms with Gasteiger partial charge in [-0.25, -0.2) is 4.79 Å². The Bertz CT molecular complexity index is 648. The van der Waals surface area contributed by atoms with Gasteiger partial charge in [0.05, 0.1) is 0 Å². The molecule has 0 heterocycles. The first kappa shape index (κ1) is 18.2. The number of hydrogen-bond donors (Lipinski definition) is 0. The molecule has 0 aromatic heterocycles. The number of carbonyl (C=O) groups excluding carboxylic acids is 2. The number of carbonyl (C=O) groups is 2. The normalized spacial score (nSPS) is 11.1. The van der Waals surface area contributed by atoms with Crippen LogP contribution in [-0.2, 0) is 25.7 Å². The van der Waals surface area contributed by atoms with Gasteiger partial charge in [0.2, 0.25) is 0 Å². The second kappa shape index (κ2) is 9.20. The minimum Gasteiger partial charge on any atom is -0.461 e. The molecule has 0 fully saturated rings. The predicted molar refractivity (Wildman–Crippen MR) is 90.1 cm³/mol. The number of ether oxygens (including phenoxy) is 2. The fraction of sp³-hybridized carbons (Fsp3) is 0.158. The Morgan fingerprint density at radius 2 is 1.83 bits per heavy atom. The van der Waals surface area contributed by atoms with Crippen molar-refractivity contribution in [2.45, 2.75) is 20.5 Å². The molecule has 0 amide bonds. The summed E-state index contributed by atoms with van der Waals surface area (Å²) in [5.74, 6) is -0.403. The SMILES string of the molecule is C=CC(=O)OC(/C=C\C(=C)c1ccc(COC(C)=O)cc1)=C/C. The van der Waals surface area contributed by atoms with E-state index in [1.165, 1.54) is 6.92 Å².